The van der Waals surface area contributed by atoms with Crippen molar-refractivity contribution in [2.45, 2.75) is 0 Å². The Morgan fingerprint density at radius 2 is 1.50 bits per heavy atom. The monoisotopic (exact) mass is 367 g/mol. The Bertz CT molecular complexity index is 196. The Balaban J connectivity index is 0. The molecular formula is C8H17ClIN2O4+. The number of halogens is 2. The predicted molar refractivity (Wildman–Crippen MR) is 64.7 cm³/mol. The number of hydrogen-bond donors (Lipinski definition) is 0. The molecule has 0 aliphatic heterocycles. The molecule has 0 fully saturated rings. The van der Waals surface area contributed by atoms with Crippen LogP contribution in [0.15, 0.2) is 0 Å². The lowest BCUT2D eigenvalue weighted by Crippen LogP contribution is -2.27. The highest BCUT2D eigenvalue weighted by atomic mass is 127. The summed E-state index contributed by atoms with van der Waals surface area (Å²) in [6.45, 7) is 0. The van der Waals surface area contributed by atoms with E-state index in [1.54, 1.807) is 7.05 Å². The molecule has 0 heterocycles. The third-order valence-corrected chi connectivity index (χ3v) is 2.39. The van der Waals surface area contributed by atoms with E-state index in [1.807, 2.05) is 22.6 Å². The summed E-state index contributed by atoms with van der Waals surface area (Å²) >= 11 is 6.43. The van der Waals surface area contributed by atoms with E-state index >= 15 is 0 Å². The first-order valence-corrected chi connectivity index (χ1v) is 6.30. The smallest absolute Gasteiger partial charge is 0.275 e. The van der Waals surface area contributed by atoms with E-state index in [0.717, 1.165) is 5.06 Å². The van der Waals surface area contributed by atoms with Crippen LogP contribution in [0.25, 0.3) is 0 Å². The average Bonchev–Trinajstić information content (AvgIpc) is 2.35. The molecule has 0 saturated heterocycles. The van der Waals surface area contributed by atoms with Crippen molar-refractivity contribution < 1.29 is 30.9 Å². The van der Waals surface area contributed by atoms with Crippen molar-refractivity contribution in [1.82, 2.24) is 10.1 Å². The normalized spacial score (nSPS) is 8.88. The van der Waals surface area contributed by atoms with Gasteiger partial charge in [0.1, 0.15) is 11.6 Å². The molecule has 0 aliphatic carbocycles. The van der Waals surface area contributed by atoms with Gasteiger partial charge in [0.25, 0.3) is 5.91 Å². The molecule has 8 heteroatoms. The zero-order chi connectivity index (χ0) is 13.1. The standard InChI is InChI=1S/C4H9ClNO2.C4H8INO2/c2*1-6(8-2)4(7)3-5/h5H,3H2,1-2H3;3H2,1-2H3/q+1;. The number of carbonyl (C=O) groups is 2. The molecule has 0 unspecified atom stereocenters. The van der Waals surface area contributed by atoms with Gasteiger partial charge in [0.15, 0.2) is 0 Å². The number of alkyl halides is 2. The van der Waals surface area contributed by atoms with Gasteiger partial charge >= 0.3 is 5.91 Å². The van der Waals surface area contributed by atoms with Crippen LogP contribution in [0.5, 0.6) is 0 Å². The van der Waals surface area contributed by atoms with E-state index in [-0.39, 0.29) is 17.7 Å². The van der Waals surface area contributed by atoms with E-state index in [1.165, 1.54) is 26.3 Å². The molecule has 0 atom stereocenters. The number of amides is 2. The molecule has 6 nitrogen and oxygen atoms in total. The van der Waals surface area contributed by atoms with E-state index in [0.29, 0.717) is 4.43 Å². The summed E-state index contributed by atoms with van der Waals surface area (Å²) < 4.78 is 0.460. The molecule has 0 N–H and O–H groups in total. The molecule has 0 bridgehead atoms. The van der Waals surface area contributed by atoms with Crippen molar-refractivity contribution in [2.75, 3.05) is 38.6 Å². The van der Waals surface area contributed by atoms with Crippen LogP contribution in [-0.2, 0) is 19.3 Å². The third kappa shape index (κ3) is 9.13. The minimum atomic E-state index is -0.192. The Kier molecular flexibility index (Phi) is 13.0. The van der Waals surface area contributed by atoms with E-state index < -0.39 is 0 Å². The molecule has 0 aromatic carbocycles. The second-order valence-electron chi connectivity index (χ2n) is 2.43. The van der Waals surface area contributed by atoms with Gasteiger partial charge in [-0.15, -0.1) is 0 Å². The molecule has 0 aliphatic rings. The second kappa shape index (κ2) is 11.4. The molecule has 0 rings (SSSR count). The zero-order valence-electron chi connectivity index (χ0n) is 9.73. The van der Waals surface area contributed by atoms with Crippen LogP contribution in [0.4, 0.5) is 0 Å². The van der Waals surface area contributed by atoms with Gasteiger partial charge in [0.2, 0.25) is 5.88 Å². The molecule has 0 saturated carbocycles. The highest BCUT2D eigenvalue weighted by Gasteiger charge is 2.08. The summed E-state index contributed by atoms with van der Waals surface area (Å²) in [7, 11) is 5.99. The topological polar surface area (TPSA) is 59.1 Å². The molecule has 96 valence electrons. The maximum Gasteiger partial charge on any atom is 0.306 e. The van der Waals surface area contributed by atoms with Gasteiger partial charge in [-0.2, -0.15) is 0 Å². The number of rotatable bonds is 4. The quantitative estimate of drug-likeness (QED) is 0.390. The van der Waals surface area contributed by atoms with Gasteiger partial charge in [-0.1, -0.05) is 22.6 Å². The van der Waals surface area contributed by atoms with Crippen molar-refractivity contribution in [1.29, 1.82) is 0 Å². The fraction of sp³-hybridized carbons (Fsp3) is 0.750. The minimum absolute atomic E-state index is 0.0203. The zero-order valence-corrected chi connectivity index (χ0v) is 12.7. The molecule has 0 aromatic rings. The first-order valence-electron chi connectivity index (χ1n) is 4.19. The highest BCUT2D eigenvalue weighted by molar-refractivity contribution is 14.1. The van der Waals surface area contributed by atoms with E-state index in [9.17, 15) is 9.59 Å². The highest BCUT2D eigenvalue weighted by Crippen LogP contribution is 1.88. The van der Waals surface area contributed by atoms with Crippen molar-refractivity contribution >= 4 is 34.4 Å². The lowest BCUT2D eigenvalue weighted by atomic mass is 10.7. The van der Waals surface area contributed by atoms with Crippen LogP contribution < -0.4 is 0 Å². The van der Waals surface area contributed by atoms with Crippen LogP contribution >= 0.6 is 22.6 Å². The molecule has 0 aromatic heterocycles. The molecule has 16 heavy (non-hydrogen) atoms. The molecule has 2 amide bonds. The maximum atomic E-state index is 10.5. The van der Waals surface area contributed by atoms with Crippen molar-refractivity contribution in [3.05, 3.63) is 0 Å². The van der Waals surface area contributed by atoms with Gasteiger partial charge < -0.3 is 0 Å². The summed E-state index contributed by atoms with van der Waals surface area (Å²) in [6, 6.07) is 0. The number of carbonyl (C=O) groups excluding carboxylic acids is 2. The lowest BCUT2D eigenvalue weighted by molar-refractivity contribution is -0.360. The summed E-state index contributed by atoms with van der Waals surface area (Å²) in [5.41, 5.74) is 0. The maximum absolute atomic E-state index is 10.5. The third-order valence-electron chi connectivity index (χ3n) is 1.49. The van der Waals surface area contributed by atoms with E-state index in [4.69, 9.17) is 0 Å². The van der Waals surface area contributed by atoms with E-state index in [2.05, 4.69) is 21.3 Å². The first-order chi connectivity index (χ1) is 7.44. The Hall–Kier alpha value is -0.120. The van der Waals surface area contributed by atoms with Gasteiger partial charge in [-0.05, 0) is 0 Å². The van der Waals surface area contributed by atoms with Gasteiger partial charge in [0.05, 0.1) is 18.6 Å². The Morgan fingerprint density at radius 3 is 1.62 bits per heavy atom. The van der Waals surface area contributed by atoms with Crippen LogP contribution in [0.1, 0.15) is 0 Å². The summed E-state index contributed by atoms with van der Waals surface area (Å²) in [5, 5.41) is 2.30. The molecule has 0 spiro atoms. The number of nitrogens with zero attached hydrogens (tertiary/aromatic N) is 2. The van der Waals surface area contributed by atoms with Crippen LogP contribution in [-0.4, -0.2) is 60.6 Å². The fourth-order valence-corrected chi connectivity index (χ4v) is 1.04. The molecule has 0 radical (unpaired) electrons. The lowest BCUT2D eigenvalue weighted by Gasteiger charge is -2.10. The van der Waals surface area contributed by atoms with Crippen LogP contribution in [0.2, 0.25) is 0 Å². The Morgan fingerprint density at radius 1 is 1.12 bits per heavy atom. The van der Waals surface area contributed by atoms with Gasteiger partial charge in [-0.3, -0.25) is 19.3 Å². The number of hydrogen-bond acceptors (Lipinski definition) is 4. The van der Waals surface area contributed by atoms with Crippen LogP contribution in [0.3, 0.4) is 0 Å². The fourth-order valence-electron chi connectivity index (χ4n) is 0.379. The predicted octanol–water partition coefficient (Wildman–Crippen LogP) is -0.271. The van der Waals surface area contributed by atoms with Crippen molar-refractivity contribution in [3.8, 4) is 0 Å². The molecular weight excluding hydrogens is 350 g/mol. The van der Waals surface area contributed by atoms with Crippen molar-refractivity contribution in [2.24, 2.45) is 0 Å². The number of hydroxylamine groups is 4. The average molecular weight is 368 g/mol. The minimum Gasteiger partial charge on any atom is -0.275 e. The van der Waals surface area contributed by atoms with Gasteiger partial charge in [0, 0.05) is 14.1 Å². The Labute approximate surface area is 114 Å². The first kappa shape index (κ1) is 18.3. The SMILES string of the molecule is CON(C)C(=O)CI.CON(C)C(=O)C[ClH+]. The summed E-state index contributed by atoms with van der Waals surface area (Å²) in [6.07, 6.45) is 0. The van der Waals surface area contributed by atoms with Crippen molar-refractivity contribution in [3.63, 3.8) is 0 Å². The summed E-state index contributed by atoms with van der Waals surface area (Å²) in [4.78, 5) is 30.1. The summed E-state index contributed by atoms with van der Waals surface area (Å²) in [5.74, 6) is -0.139. The van der Waals surface area contributed by atoms with Crippen LogP contribution in [0, 0.1) is 11.6 Å². The largest absolute Gasteiger partial charge is 0.306 e. The second-order valence-corrected chi connectivity index (χ2v) is 3.48. The van der Waals surface area contributed by atoms with Gasteiger partial charge in [-0.25, -0.2) is 10.1 Å².